The molecular weight excluding hydrogens is 440 g/mol. The number of nitrogens with one attached hydrogen (secondary N) is 1. The van der Waals surface area contributed by atoms with Gasteiger partial charge in [0.05, 0.1) is 17.8 Å². The summed E-state index contributed by atoms with van der Waals surface area (Å²) in [5.41, 5.74) is 4.12. The number of benzene rings is 2. The van der Waals surface area contributed by atoms with Gasteiger partial charge in [-0.05, 0) is 46.6 Å². The van der Waals surface area contributed by atoms with Gasteiger partial charge in [-0.3, -0.25) is 4.79 Å². The van der Waals surface area contributed by atoms with E-state index >= 15 is 0 Å². The number of halogens is 2. The molecular formula is C17H16Br2N2O3. The standard InChI is InChI=1S/C17H16Br2N2O3/c1-11-5-3-4-6-15(11)24-10-16(22)21-20-9-12-7-13(18)8-14(19)17(12)23-2/h3-9H,10H2,1-2H3,(H,21,22)/b20-9+. The number of para-hydroxylation sites is 1. The molecule has 1 N–H and O–H groups in total. The average Bonchev–Trinajstić information content (AvgIpc) is 2.54. The van der Waals surface area contributed by atoms with Crippen molar-refractivity contribution < 1.29 is 14.3 Å². The Morgan fingerprint density at radius 2 is 2.04 bits per heavy atom. The van der Waals surface area contributed by atoms with Gasteiger partial charge in [0.1, 0.15) is 11.5 Å². The van der Waals surface area contributed by atoms with Crippen LogP contribution in [-0.2, 0) is 4.79 Å². The number of amides is 1. The van der Waals surface area contributed by atoms with Gasteiger partial charge >= 0.3 is 0 Å². The summed E-state index contributed by atoms with van der Waals surface area (Å²) in [6, 6.07) is 11.2. The first-order valence-electron chi connectivity index (χ1n) is 7.04. The zero-order valence-electron chi connectivity index (χ0n) is 13.2. The van der Waals surface area contributed by atoms with Crippen LogP contribution >= 0.6 is 31.9 Å². The maximum atomic E-state index is 11.8. The Kier molecular flexibility index (Phi) is 6.81. The normalized spacial score (nSPS) is 10.7. The molecule has 0 spiro atoms. The van der Waals surface area contributed by atoms with Gasteiger partial charge in [-0.25, -0.2) is 5.43 Å². The molecule has 5 nitrogen and oxygen atoms in total. The van der Waals surface area contributed by atoms with Gasteiger partial charge in [0.2, 0.25) is 0 Å². The van der Waals surface area contributed by atoms with Crippen molar-refractivity contribution in [3.63, 3.8) is 0 Å². The van der Waals surface area contributed by atoms with Crippen molar-refractivity contribution in [3.8, 4) is 11.5 Å². The van der Waals surface area contributed by atoms with Crippen LogP contribution in [-0.4, -0.2) is 25.8 Å². The van der Waals surface area contributed by atoms with Gasteiger partial charge in [-0.1, -0.05) is 34.1 Å². The van der Waals surface area contributed by atoms with Crippen LogP contribution < -0.4 is 14.9 Å². The van der Waals surface area contributed by atoms with Gasteiger partial charge in [0, 0.05) is 10.0 Å². The van der Waals surface area contributed by atoms with E-state index in [4.69, 9.17) is 9.47 Å². The van der Waals surface area contributed by atoms with E-state index in [2.05, 4.69) is 42.4 Å². The predicted molar refractivity (Wildman–Crippen MR) is 101 cm³/mol. The second-order valence-corrected chi connectivity index (χ2v) is 6.63. The second kappa shape index (κ2) is 8.84. The molecule has 2 aromatic carbocycles. The lowest BCUT2D eigenvalue weighted by atomic mass is 10.2. The third-order valence-electron chi connectivity index (χ3n) is 3.09. The van der Waals surface area contributed by atoms with Crippen LogP contribution in [0.5, 0.6) is 11.5 Å². The molecule has 0 unspecified atom stereocenters. The summed E-state index contributed by atoms with van der Waals surface area (Å²) in [7, 11) is 1.57. The molecule has 7 heteroatoms. The highest BCUT2D eigenvalue weighted by molar-refractivity contribution is 9.11. The van der Waals surface area contributed by atoms with Gasteiger partial charge in [-0.15, -0.1) is 0 Å². The zero-order chi connectivity index (χ0) is 17.5. The molecule has 0 saturated heterocycles. The summed E-state index contributed by atoms with van der Waals surface area (Å²) < 4.78 is 12.4. The minimum atomic E-state index is -0.345. The second-order valence-electron chi connectivity index (χ2n) is 4.86. The van der Waals surface area contributed by atoms with Gasteiger partial charge in [-0.2, -0.15) is 5.10 Å². The fourth-order valence-electron chi connectivity index (χ4n) is 1.96. The van der Waals surface area contributed by atoms with Crippen LogP contribution in [0.4, 0.5) is 0 Å². The summed E-state index contributed by atoms with van der Waals surface area (Å²) in [6.45, 7) is 1.81. The van der Waals surface area contributed by atoms with Crippen molar-refractivity contribution in [1.29, 1.82) is 0 Å². The van der Waals surface area contributed by atoms with E-state index in [1.165, 1.54) is 6.21 Å². The largest absolute Gasteiger partial charge is 0.495 e. The SMILES string of the molecule is COc1c(Br)cc(Br)cc1/C=N/NC(=O)COc1ccccc1C. The fraction of sp³-hybridized carbons (Fsp3) is 0.176. The van der Waals surface area contributed by atoms with Crippen LogP contribution in [0, 0.1) is 6.92 Å². The molecule has 2 rings (SSSR count). The highest BCUT2D eigenvalue weighted by atomic mass is 79.9. The first-order valence-corrected chi connectivity index (χ1v) is 8.63. The number of methoxy groups -OCH3 is 1. The van der Waals surface area contributed by atoms with Crippen molar-refractivity contribution in [2.75, 3.05) is 13.7 Å². The third kappa shape index (κ3) is 5.07. The lowest BCUT2D eigenvalue weighted by molar-refractivity contribution is -0.123. The molecule has 0 saturated carbocycles. The Morgan fingerprint density at radius 1 is 1.29 bits per heavy atom. The van der Waals surface area contributed by atoms with E-state index in [1.807, 2.05) is 43.3 Å². The molecule has 0 aliphatic carbocycles. The monoisotopic (exact) mass is 454 g/mol. The van der Waals surface area contributed by atoms with Crippen LogP contribution in [0.3, 0.4) is 0 Å². The highest BCUT2D eigenvalue weighted by Crippen LogP contribution is 2.31. The van der Waals surface area contributed by atoms with Crippen molar-refractivity contribution in [2.24, 2.45) is 5.10 Å². The fourth-order valence-corrected chi connectivity index (χ4v) is 3.38. The first-order chi connectivity index (χ1) is 11.5. The number of nitrogens with zero attached hydrogens (tertiary/aromatic N) is 1. The molecule has 1 amide bonds. The third-order valence-corrected chi connectivity index (χ3v) is 4.13. The summed E-state index contributed by atoms with van der Waals surface area (Å²) in [4.78, 5) is 11.8. The molecule has 0 bridgehead atoms. The van der Waals surface area contributed by atoms with Crippen LogP contribution in [0.2, 0.25) is 0 Å². The lowest BCUT2D eigenvalue weighted by Gasteiger charge is -2.08. The molecule has 0 radical (unpaired) electrons. The lowest BCUT2D eigenvalue weighted by Crippen LogP contribution is -2.24. The molecule has 24 heavy (non-hydrogen) atoms. The van der Waals surface area contributed by atoms with E-state index in [0.717, 1.165) is 20.1 Å². The molecule has 126 valence electrons. The van der Waals surface area contributed by atoms with Crippen LogP contribution in [0.15, 0.2) is 50.4 Å². The Hall–Kier alpha value is -1.86. The van der Waals surface area contributed by atoms with E-state index < -0.39 is 0 Å². The summed E-state index contributed by atoms with van der Waals surface area (Å²) in [5.74, 6) is 0.962. The van der Waals surface area contributed by atoms with E-state index in [9.17, 15) is 4.79 Å². The average molecular weight is 456 g/mol. The smallest absolute Gasteiger partial charge is 0.277 e. The Bertz CT molecular complexity index is 763. The number of ether oxygens (including phenoxy) is 2. The van der Waals surface area contributed by atoms with E-state index in [0.29, 0.717) is 11.5 Å². The molecule has 0 fully saturated rings. The van der Waals surface area contributed by atoms with Crippen molar-refractivity contribution >= 4 is 44.0 Å². The van der Waals surface area contributed by atoms with E-state index in [-0.39, 0.29) is 12.5 Å². The summed E-state index contributed by atoms with van der Waals surface area (Å²) >= 11 is 6.81. The zero-order valence-corrected chi connectivity index (χ0v) is 16.3. The summed E-state index contributed by atoms with van der Waals surface area (Å²) in [5, 5.41) is 3.94. The number of carbonyl (C=O) groups is 1. The number of hydrogen-bond acceptors (Lipinski definition) is 4. The van der Waals surface area contributed by atoms with Crippen LogP contribution in [0.25, 0.3) is 0 Å². The Labute approximate surface area is 157 Å². The van der Waals surface area contributed by atoms with Gasteiger partial charge in [0.15, 0.2) is 6.61 Å². The summed E-state index contributed by atoms with van der Waals surface area (Å²) in [6.07, 6.45) is 1.51. The molecule has 0 aliphatic rings. The minimum Gasteiger partial charge on any atom is -0.495 e. The van der Waals surface area contributed by atoms with Crippen molar-refractivity contribution in [2.45, 2.75) is 6.92 Å². The first kappa shape index (κ1) is 18.5. The molecule has 0 heterocycles. The number of hydrogen-bond donors (Lipinski definition) is 1. The van der Waals surface area contributed by atoms with Crippen molar-refractivity contribution in [1.82, 2.24) is 5.43 Å². The molecule has 2 aromatic rings. The molecule has 0 aliphatic heterocycles. The number of rotatable bonds is 6. The quantitative estimate of drug-likeness (QED) is 0.527. The minimum absolute atomic E-state index is 0.110. The maximum absolute atomic E-state index is 11.8. The predicted octanol–water partition coefficient (Wildman–Crippen LogP) is 4.06. The van der Waals surface area contributed by atoms with Gasteiger partial charge in [0.25, 0.3) is 5.91 Å². The van der Waals surface area contributed by atoms with E-state index in [1.54, 1.807) is 7.11 Å². The Balaban J connectivity index is 1.94. The molecule has 0 atom stereocenters. The number of carbonyl (C=O) groups excluding carboxylic acids is 1. The van der Waals surface area contributed by atoms with Crippen molar-refractivity contribution in [3.05, 3.63) is 56.5 Å². The number of hydrazone groups is 1. The number of aryl methyl sites for hydroxylation is 1. The maximum Gasteiger partial charge on any atom is 0.277 e. The highest BCUT2D eigenvalue weighted by Gasteiger charge is 2.08. The Morgan fingerprint density at radius 3 is 2.75 bits per heavy atom. The van der Waals surface area contributed by atoms with Crippen LogP contribution in [0.1, 0.15) is 11.1 Å². The molecule has 0 aromatic heterocycles. The van der Waals surface area contributed by atoms with Gasteiger partial charge < -0.3 is 9.47 Å². The topological polar surface area (TPSA) is 59.9 Å².